The molecule has 0 bridgehead atoms. The van der Waals surface area contributed by atoms with Gasteiger partial charge in [0.2, 0.25) is 15.9 Å². The minimum atomic E-state index is -3.94. The van der Waals surface area contributed by atoms with Crippen LogP contribution in [-0.4, -0.2) is 39.1 Å². The van der Waals surface area contributed by atoms with E-state index in [0.29, 0.717) is 17.3 Å². The predicted molar refractivity (Wildman–Crippen MR) is 107 cm³/mol. The lowest BCUT2D eigenvalue weighted by molar-refractivity contribution is -0.385. The molecule has 3 rings (SSSR count). The monoisotopic (exact) mass is 433 g/mol. The molecule has 2 aromatic carbocycles. The van der Waals surface area contributed by atoms with Crippen molar-refractivity contribution < 1.29 is 27.2 Å². The molecule has 0 amide bonds. The van der Waals surface area contributed by atoms with Gasteiger partial charge in [-0.1, -0.05) is 0 Å². The van der Waals surface area contributed by atoms with Crippen molar-refractivity contribution in [2.45, 2.75) is 11.3 Å². The maximum Gasteiger partial charge on any atom is 0.273 e. The van der Waals surface area contributed by atoms with E-state index < -0.39 is 14.9 Å². The molecule has 1 heterocycles. The number of hydrogen-bond acceptors (Lipinski definition) is 8. The number of nitro benzene ring substituents is 1. The van der Waals surface area contributed by atoms with E-state index in [1.165, 1.54) is 13.4 Å². The zero-order valence-electron chi connectivity index (χ0n) is 16.2. The molecule has 0 fully saturated rings. The van der Waals surface area contributed by atoms with Gasteiger partial charge in [0.25, 0.3) is 5.69 Å². The van der Waals surface area contributed by atoms with Crippen LogP contribution in [0.3, 0.4) is 0 Å². The van der Waals surface area contributed by atoms with Crippen LogP contribution >= 0.6 is 0 Å². The molecule has 0 aliphatic heterocycles. The molecule has 11 heteroatoms. The quantitative estimate of drug-likeness (QED) is 0.402. The van der Waals surface area contributed by atoms with Gasteiger partial charge >= 0.3 is 0 Å². The van der Waals surface area contributed by atoms with E-state index in [4.69, 9.17) is 13.9 Å². The number of nitrogens with one attached hydrogen (secondary N) is 1. The van der Waals surface area contributed by atoms with Gasteiger partial charge in [0.15, 0.2) is 0 Å². The third kappa shape index (κ3) is 4.75. The number of rotatable bonds is 9. The zero-order chi connectivity index (χ0) is 21.7. The SMILES string of the molecule is COc1ccc(-c2nc(CCNS(=O)(=O)c3ccc([N+](=O)[O-])cc3OC)co2)cc1. The third-order valence-corrected chi connectivity index (χ3v) is 5.71. The number of aromatic nitrogens is 1. The highest BCUT2D eigenvalue weighted by atomic mass is 32.2. The van der Waals surface area contributed by atoms with Crippen LogP contribution in [0.2, 0.25) is 0 Å². The van der Waals surface area contributed by atoms with E-state index in [9.17, 15) is 18.5 Å². The Balaban J connectivity index is 1.66. The number of nitrogens with zero attached hydrogens (tertiary/aromatic N) is 2. The van der Waals surface area contributed by atoms with Gasteiger partial charge in [-0.3, -0.25) is 10.1 Å². The second kappa shape index (κ2) is 8.93. The lowest BCUT2D eigenvalue weighted by Crippen LogP contribution is -2.26. The van der Waals surface area contributed by atoms with Crippen molar-refractivity contribution in [3.63, 3.8) is 0 Å². The van der Waals surface area contributed by atoms with E-state index in [-0.39, 0.29) is 29.3 Å². The van der Waals surface area contributed by atoms with Gasteiger partial charge in [-0.15, -0.1) is 0 Å². The summed E-state index contributed by atoms with van der Waals surface area (Å²) in [7, 11) is -1.12. The molecule has 0 saturated carbocycles. The van der Waals surface area contributed by atoms with Crippen molar-refractivity contribution >= 4 is 15.7 Å². The molecule has 10 nitrogen and oxygen atoms in total. The van der Waals surface area contributed by atoms with Crippen LogP contribution in [0, 0.1) is 10.1 Å². The van der Waals surface area contributed by atoms with Crippen molar-refractivity contribution in [2.24, 2.45) is 0 Å². The van der Waals surface area contributed by atoms with E-state index >= 15 is 0 Å². The van der Waals surface area contributed by atoms with Crippen molar-refractivity contribution in [3.05, 3.63) is 64.5 Å². The highest BCUT2D eigenvalue weighted by Crippen LogP contribution is 2.28. The zero-order valence-corrected chi connectivity index (χ0v) is 17.0. The van der Waals surface area contributed by atoms with E-state index in [1.807, 2.05) is 0 Å². The third-order valence-electron chi connectivity index (χ3n) is 4.21. The first-order valence-corrected chi connectivity index (χ1v) is 10.2. The number of hydrogen-bond donors (Lipinski definition) is 1. The van der Waals surface area contributed by atoms with E-state index in [1.54, 1.807) is 31.4 Å². The summed E-state index contributed by atoms with van der Waals surface area (Å²) < 4.78 is 43.1. The van der Waals surface area contributed by atoms with Crippen LogP contribution < -0.4 is 14.2 Å². The number of ether oxygens (including phenoxy) is 2. The fourth-order valence-corrected chi connectivity index (χ4v) is 3.85. The highest BCUT2D eigenvalue weighted by Gasteiger charge is 2.22. The number of methoxy groups -OCH3 is 2. The molecular weight excluding hydrogens is 414 g/mol. The molecule has 0 unspecified atom stereocenters. The summed E-state index contributed by atoms with van der Waals surface area (Å²) in [4.78, 5) is 14.4. The first-order valence-electron chi connectivity index (χ1n) is 8.75. The van der Waals surface area contributed by atoms with Gasteiger partial charge in [0, 0.05) is 24.6 Å². The van der Waals surface area contributed by atoms with Gasteiger partial charge in [-0.2, -0.15) is 0 Å². The lowest BCUT2D eigenvalue weighted by atomic mass is 10.2. The fourth-order valence-electron chi connectivity index (χ4n) is 2.67. The van der Waals surface area contributed by atoms with Crippen LogP contribution in [0.1, 0.15) is 5.69 Å². The molecule has 3 aromatic rings. The Kier molecular flexibility index (Phi) is 6.33. The fraction of sp³-hybridized carbons (Fsp3) is 0.211. The maximum atomic E-state index is 12.6. The normalized spacial score (nSPS) is 11.3. The van der Waals surface area contributed by atoms with E-state index in [2.05, 4.69) is 9.71 Å². The Hall–Kier alpha value is -3.44. The van der Waals surface area contributed by atoms with Gasteiger partial charge in [0.1, 0.15) is 22.7 Å². The number of non-ortho nitro benzene ring substituents is 1. The smallest absolute Gasteiger partial charge is 0.273 e. The number of nitro groups is 1. The molecule has 1 N–H and O–H groups in total. The Morgan fingerprint density at radius 2 is 1.87 bits per heavy atom. The highest BCUT2D eigenvalue weighted by molar-refractivity contribution is 7.89. The molecule has 158 valence electrons. The van der Waals surface area contributed by atoms with Gasteiger partial charge in [-0.05, 0) is 30.3 Å². The van der Waals surface area contributed by atoms with Crippen molar-refractivity contribution in [1.82, 2.24) is 9.71 Å². The lowest BCUT2D eigenvalue weighted by Gasteiger charge is -2.10. The van der Waals surface area contributed by atoms with Crippen LogP contribution in [0.4, 0.5) is 5.69 Å². The standard InChI is InChI=1S/C19H19N3O7S/c1-27-16-6-3-13(4-7-16)19-21-14(12-29-19)9-10-20-30(25,26)18-8-5-15(22(23)24)11-17(18)28-2/h3-8,11-12,20H,9-10H2,1-2H3. The Morgan fingerprint density at radius 3 is 2.50 bits per heavy atom. The summed E-state index contributed by atoms with van der Waals surface area (Å²) in [5.41, 5.74) is 1.07. The first kappa shape index (κ1) is 21.3. The summed E-state index contributed by atoms with van der Waals surface area (Å²) in [5, 5.41) is 10.9. The Labute approximate surface area is 172 Å². The number of sulfonamides is 1. The Bertz CT molecular complexity index is 1140. The largest absolute Gasteiger partial charge is 0.497 e. The van der Waals surface area contributed by atoms with Crippen LogP contribution in [0.5, 0.6) is 11.5 Å². The topological polar surface area (TPSA) is 134 Å². The van der Waals surface area contributed by atoms with Crippen molar-refractivity contribution in [3.8, 4) is 23.0 Å². The minimum Gasteiger partial charge on any atom is -0.497 e. The molecule has 0 spiro atoms. The van der Waals surface area contributed by atoms with Crippen LogP contribution in [0.25, 0.3) is 11.5 Å². The van der Waals surface area contributed by atoms with Crippen LogP contribution in [0.15, 0.2) is 58.0 Å². The first-order chi connectivity index (χ1) is 14.3. The summed E-state index contributed by atoms with van der Waals surface area (Å²) in [5.74, 6) is 1.01. The summed E-state index contributed by atoms with van der Waals surface area (Å²) in [6.07, 6.45) is 1.74. The van der Waals surface area contributed by atoms with Crippen molar-refractivity contribution in [1.29, 1.82) is 0 Å². The summed E-state index contributed by atoms with van der Waals surface area (Å²) in [6.45, 7) is 0.0526. The van der Waals surface area contributed by atoms with Gasteiger partial charge in [0.05, 0.1) is 30.9 Å². The Morgan fingerprint density at radius 1 is 1.13 bits per heavy atom. The molecule has 1 aromatic heterocycles. The maximum absolute atomic E-state index is 12.6. The number of benzene rings is 2. The van der Waals surface area contributed by atoms with Gasteiger partial charge < -0.3 is 13.9 Å². The summed E-state index contributed by atoms with van der Waals surface area (Å²) in [6, 6.07) is 10.5. The van der Waals surface area contributed by atoms with E-state index in [0.717, 1.165) is 23.8 Å². The average molecular weight is 433 g/mol. The molecule has 0 aliphatic rings. The molecule has 0 radical (unpaired) electrons. The predicted octanol–water partition coefficient (Wildman–Crippen LogP) is 2.79. The van der Waals surface area contributed by atoms with Gasteiger partial charge in [-0.25, -0.2) is 18.1 Å². The molecule has 0 atom stereocenters. The van der Waals surface area contributed by atoms with Crippen molar-refractivity contribution in [2.75, 3.05) is 20.8 Å². The molecule has 30 heavy (non-hydrogen) atoms. The molecule has 0 saturated heterocycles. The molecular formula is C19H19N3O7S. The minimum absolute atomic E-state index is 0.0526. The second-order valence-electron chi connectivity index (χ2n) is 6.11. The van der Waals surface area contributed by atoms with Crippen LogP contribution in [-0.2, 0) is 16.4 Å². The second-order valence-corrected chi connectivity index (χ2v) is 7.85. The summed E-state index contributed by atoms with van der Waals surface area (Å²) >= 11 is 0. The number of oxazole rings is 1. The average Bonchev–Trinajstić information content (AvgIpc) is 3.22. The molecule has 0 aliphatic carbocycles.